The molecule has 370 valence electrons. The lowest BCUT2D eigenvalue weighted by molar-refractivity contribution is 0.591. The summed E-state index contributed by atoms with van der Waals surface area (Å²) in [5, 5.41) is 0. The van der Waals surface area contributed by atoms with Gasteiger partial charge in [0.05, 0.1) is 11.4 Å². The Hall–Kier alpha value is -8.92. The fourth-order valence-electron chi connectivity index (χ4n) is 12.5. The zero-order chi connectivity index (χ0) is 52.4. The summed E-state index contributed by atoms with van der Waals surface area (Å²) in [6.07, 6.45) is 0. The molecule has 2 heterocycles. The standard InChI is InChI=1S/C74H61BN2/c1-73(2,3)62-38-21-17-34-58(62)60-36-19-23-40-66(60)76-68-46-44-52(56-32-15-13-30-54(56)50-26-9-7-10-27-50)48-64(68)75-65-49-53(57-33-16-14-31-55(57)51-28-11-8-12-29-51)45-47-69(65)77(71-43-25-42-70(76)72(71)75)67-41-24-20-37-61(67)59-35-18-22-39-63(59)74(4,5)6/h7-49H,1-6H3. The van der Waals surface area contributed by atoms with E-state index in [1.165, 1.54) is 117 Å². The van der Waals surface area contributed by atoms with Crippen molar-refractivity contribution in [2.75, 3.05) is 9.80 Å². The van der Waals surface area contributed by atoms with E-state index in [4.69, 9.17) is 0 Å². The maximum atomic E-state index is 2.59. The van der Waals surface area contributed by atoms with E-state index in [-0.39, 0.29) is 17.5 Å². The third kappa shape index (κ3) is 8.30. The van der Waals surface area contributed by atoms with Gasteiger partial charge in [0, 0.05) is 33.9 Å². The molecule has 3 heteroatoms. The molecule has 77 heavy (non-hydrogen) atoms. The maximum absolute atomic E-state index is 2.59. The van der Waals surface area contributed by atoms with E-state index in [9.17, 15) is 0 Å². The molecule has 0 atom stereocenters. The number of benzene rings is 11. The molecule has 0 fully saturated rings. The summed E-state index contributed by atoms with van der Waals surface area (Å²) < 4.78 is 0. The van der Waals surface area contributed by atoms with Crippen LogP contribution in [0.1, 0.15) is 52.7 Å². The van der Waals surface area contributed by atoms with Gasteiger partial charge < -0.3 is 9.80 Å². The van der Waals surface area contributed by atoms with Crippen molar-refractivity contribution < 1.29 is 0 Å². The molecule has 0 spiro atoms. The van der Waals surface area contributed by atoms with Crippen molar-refractivity contribution >= 4 is 57.2 Å². The van der Waals surface area contributed by atoms with Crippen LogP contribution in [-0.2, 0) is 10.8 Å². The maximum Gasteiger partial charge on any atom is 0.252 e. The van der Waals surface area contributed by atoms with Crippen LogP contribution < -0.4 is 26.2 Å². The minimum Gasteiger partial charge on any atom is -0.311 e. The molecule has 0 saturated carbocycles. The zero-order valence-corrected chi connectivity index (χ0v) is 44.8. The second-order valence-corrected chi connectivity index (χ2v) is 22.8. The van der Waals surface area contributed by atoms with E-state index in [0.29, 0.717) is 0 Å². The Labute approximate surface area is 455 Å². The highest BCUT2D eigenvalue weighted by atomic mass is 15.2. The van der Waals surface area contributed by atoms with E-state index in [1.807, 2.05) is 0 Å². The van der Waals surface area contributed by atoms with Gasteiger partial charge in [0.2, 0.25) is 0 Å². The number of fused-ring (bicyclic) bond motifs is 4. The van der Waals surface area contributed by atoms with Crippen LogP contribution in [0.15, 0.2) is 261 Å². The van der Waals surface area contributed by atoms with Gasteiger partial charge in [-0.15, -0.1) is 0 Å². The van der Waals surface area contributed by atoms with Gasteiger partial charge in [-0.1, -0.05) is 266 Å². The lowest BCUT2D eigenvalue weighted by Gasteiger charge is -2.45. The highest BCUT2D eigenvalue weighted by Crippen LogP contribution is 2.50. The molecule has 0 aromatic heterocycles. The molecule has 0 N–H and O–H groups in total. The predicted octanol–water partition coefficient (Wildman–Crippen LogP) is 18.4. The van der Waals surface area contributed by atoms with Crippen LogP contribution in [0, 0.1) is 0 Å². The number of para-hydroxylation sites is 2. The fraction of sp³-hybridized carbons (Fsp3) is 0.108. The van der Waals surface area contributed by atoms with E-state index < -0.39 is 0 Å². The predicted molar refractivity (Wildman–Crippen MR) is 330 cm³/mol. The van der Waals surface area contributed by atoms with E-state index >= 15 is 0 Å². The lowest BCUT2D eigenvalue weighted by Crippen LogP contribution is -2.61. The molecule has 0 radical (unpaired) electrons. The van der Waals surface area contributed by atoms with Crippen molar-refractivity contribution in [3.63, 3.8) is 0 Å². The third-order valence-electron chi connectivity index (χ3n) is 16.0. The molecule has 2 aliphatic rings. The van der Waals surface area contributed by atoms with Crippen LogP contribution in [0.3, 0.4) is 0 Å². The molecular formula is C74H61BN2. The monoisotopic (exact) mass is 988 g/mol. The summed E-state index contributed by atoms with van der Waals surface area (Å²) in [7, 11) is 0. The zero-order valence-electron chi connectivity index (χ0n) is 44.8. The minimum atomic E-state index is -0.130. The average Bonchev–Trinajstić information content (AvgIpc) is 3.60. The second-order valence-electron chi connectivity index (χ2n) is 22.8. The number of nitrogens with zero attached hydrogens (tertiary/aromatic N) is 2. The topological polar surface area (TPSA) is 6.48 Å². The lowest BCUT2D eigenvalue weighted by atomic mass is 9.33. The molecule has 2 aliphatic heterocycles. The quantitative estimate of drug-likeness (QED) is 0.140. The SMILES string of the molecule is CC(C)(C)c1ccccc1-c1ccccc1N1c2ccc(-c3ccccc3-c3ccccc3)cc2B2c3cc(-c4ccccc4-c4ccccc4)ccc3N(c3ccccc3-c3ccccc3C(C)(C)C)c3cccc1c32. The second kappa shape index (κ2) is 19.0. The van der Waals surface area contributed by atoms with Crippen molar-refractivity contribution in [3.05, 3.63) is 272 Å². The van der Waals surface area contributed by atoms with E-state index in [2.05, 4.69) is 312 Å². The largest absolute Gasteiger partial charge is 0.311 e. The fourth-order valence-corrected chi connectivity index (χ4v) is 12.5. The van der Waals surface area contributed by atoms with Gasteiger partial charge in [-0.2, -0.15) is 0 Å². The molecule has 13 rings (SSSR count). The molecule has 0 unspecified atom stereocenters. The summed E-state index contributed by atoms with van der Waals surface area (Å²) in [4.78, 5) is 5.18. The Kier molecular flexibility index (Phi) is 11.8. The molecule has 0 saturated heterocycles. The summed E-state index contributed by atoms with van der Waals surface area (Å²) in [5.41, 5.74) is 27.8. The van der Waals surface area contributed by atoms with Gasteiger partial charge in [-0.05, 0) is 130 Å². The molecule has 11 aromatic carbocycles. The summed E-state index contributed by atoms with van der Waals surface area (Å²) in [6, 6.07) is 97.3. The van der Waals surface area contributed by atoms with Crippen molar-refractivity contribution in [3.8, 4) is 66.8 Å². The van der Waals surface area contributed by atoms with Gasteiger partial charge in [-0.3, -0.25) is 0 Å². The van der Waals surface area contributed by atoms with Crippen LogP contribution in [0.5, 0.6) is 0 Å². The number of rotatable bonds is 8. The highest BCUT2D eigenvalue weighted by Gasteiger charge is 2.44. The van der Waals surface area contributed by atoms with E-state index in [1.54, 1.807) is 0 Å². The van der Waals surface area contributed by atoms with Gasteiger partial charge in [0.15, 0.2) is 0 Å². The van der Waals surface area contributed by atoms with Gasteiger partial charge in [0.1, 0.15) is 0 Å². The van der Waals surface area contributed by atoms with Crippen molar-refractivity contribution in [1.82, 2.24) is 0 Å². The molecule has 0 bridgehead atoms. The first-order valence-corrected chi connectivity index (χ1v) is 27.2. The van der Waals surface area contributed by atoms with Crippen LogP contribution in [-0.4, -0.2) is 6.71 Å². The van der Waals surface area contributed by atoms with Crippen molar-refractivity contribution in [2.24, 2.45) is 0 Å². The average molecular weight is 989 g/mol. The molecular weight excluding hydrogens is 928 g/mol. The number of anilines is 6. The van der Waals surface area contributed by atoms with Crippen LogP contribution in [0.4, 0.5) is 34.1 Å². The molecule has 0 amide bonds. The van der Waals surface area contributed by atoms with Crippen LogP contribution >= 0.6 is 0 Å². The highest BCUT2D eigenvalue weighted by molar-refractivity contribution is 7.00. The molecule has 11 aromatic rings. The van der Waals surface area contributed by atoms with E-state index in [0.717, 1.165) is 11.4 Å². The Morgan fingerprint density at radius 3 is 0.948 bits per heavy atom. The molecule has 0 aliphatic carbocycles. The van der Waals surface area contributed by atoms with Crippen LogP contribution in [0.25, 0.3) is 66.8 Å². The molecule has 2 nitrogen and oxygen atoms in total. The first-order chi connectivity index (χ1) is 37.5. The van der Waals surface area contributed by atoms with Gasteiger partial charge >= 0.3 is 0 Å². The van der Waals surface area contributed by atoms with Crippen molar-refractivity contribution in [2.45, 2.75) is 52.4 Å². The van der Waals surface area contributed by atoms with Crippen molar-refractivity contribution in [1.29, 1.82) is 0 Å². The van der Waals surface area contributed by atoms with Gasteiger partial charge in [-0.25, -0.2) is 0 Å². The Bertz CT molecular complexity index is 3770. The summed E-state index contributed by atoms with van der Waals surface area (Å²) in [5.74, 6) is 0. The Balaban J connectivity index is 1.13. The Morgan fingerprint density at radius 2 is 0.558 bits per heavy atom. The van der Waals surface area contributed by atoms with Crippen LogP contribution in [0.2, 0.25) is 0 Å². The summed E-state index contributed by atoms with van der Waals surface area (Å²) in [6.45, 7) is 13.8. The minimum absolute atomic E-state index is 0.0817. The first-order valence-electron chi connectivity index (χ1n) is 27.2. The Morgan fingerprint density at radius 1 is 0.247 bits per heavy atom. The number of hydrogen-bond acceptors (Lipinski definition) is 2. The normalized spacial score (nSPS) is 12.7. The van der Waals surface area contributed by atoms with Gasteiger partial charge in [0.25, 0.3) is 6.71 Å². The summed E-state index contributed by atoms with van der Waals surface area (Å²) >= 11 is 0. The third-order valence-corrected chi connectivity index (χ3v) is 16.0. The smallest absolute Gasteiger partial charge is 0.252 e. The number of hydrogen-bond donors (Lipinski definition) is 0. The first kappa shape index (κ1) is 47.8.